The third kappa shape index (κ3) is 3.34. The highest BCUT2D eigenvalue weighted by Crippen LogP contribution is 2.25. The Morgan fingerprint density at radius 2 is 1.90 bits per heavy atom. The van der Waals surface area contributed by atoms with E-state index in [1.165, 1.54) is 18.2 Å². The largest absolute Gasteiger partial charge is 0.479 e. The van der Waals surface area contributed by atoms with Crippen molar-refractivity contribution in [1.82, 2.24) is 0 Å². The summed E-state index contributed by atoms with van der Waals surface area (Å²) < 4.78 is 40.2. The van der Waals surface area contributed by atoms with Gasteiger partial charge in [-0.1, -0.05) is 12.1 Å². The molecule has 3 nitrogen and oxygen atoms in total. The molecule has 1 atom stereocenters. The molecule has 0 aromatic heterocycles. The first-order valence-electron chi connectivity index (χ1n) is 6.09. The van der Waals surface area contributed by atoms with Gasteiger partial charge in [0.25, 0.3) is 0 Å². The number of hydrogen-bond donors (Lipinski definition) is 2. The van der Waals surface area contributed by atoms with Gasteiger partial charge in [0, 0.05) is 11.3 Å². The summed E-state index contributed by atoms with van der Waals surface area (Å²) in [6.07, 6.45) is 0. The summed E-state index contributed by atoms with van der Waals surface area (Å²) in [4.78, 5) is 11.3. The maximum Gasteiger partial charge on any atom is 0.330 e. The highest BCUT2D eigenvalue weighted by Gasteiger charge is 2.24. The van der Waals surface area contributed by atoms with Crippen molar-refractivity contribution in [3.8, 4) is 0 Å². The number of carboxylic acids is 1. The second kappa shape index (κ2) is 5.87. The number of carbonyl (C=O) groups is 1. The zero-order valence-electron chi connectivity index (χ0n) is 11.0. The zero-order chi connectivity index (χ0) is 15.6. The van der Waals surface area contributed by atoms with Gasteiger partial charge in [0.05, 0.1) is 0 Å². The van der Waals surface area contributed by atoms with Crippen LogP contribution in [0.15, 0.2) is 36.4 Å². The Labute approximate surface area is 119 Å². The molecule has 1 unspecified atom stereocenters. The number of benzene rings is 2. The molecule has 0 aliphatic heterocycles. The number of rotatable bonds is 4. The first-order chi connectivity index (χ1) is 9.88. The van der Waals surface area contributed by atoms with E-state index in [1.54, 1.807) is 6.92 Å². The number of nitrogens with one attached hydrogen (secondary N) is 1. The number of hydrogen-bond acceptors (Lipinski definition) is 2. The molecule has 0 fully saturated rings. The van der Waals surface area contributed by atoms with Crippen molar-refractivity contribution in [2.75, 3.05) is 5.32 Å². The molecule has 2 rings (SSSR count). The van der Waals surface area contributed by atoms with E-state index in [4.69, 9.17) is 0 Å². The third-order valence-corrected chi connectivity index (χ3v) is 2.89. The van der Waals surface area contributed by atoms with E-state index in [9.17, 15) is 23.1 Å². The number of aryl methyl sites for hydroxylation is 1. The molecule has 2 N–H and O–H groups in total. The summed E-state index contributed by atoms with van der Waals surface area (Å²) >= 11 is 0. The van der Waals surface area contributed by atoms with Crippen LogP contribution in [-0.4, -0.2) is 11.1 Å². The van der Waals surface area contributed by atoms with Crippen molar-refractivity contribution < 1.29 is 23.1 Å². The SMILES string of the molecule is Cc1cc(F)cc(NC(C(=O)O)c2cccc(F)c2F)c1. The molecule has 21 heavy (non-hydrogen) atoms. The van der Waals surface area contributed by atoms with Crippen molar-refractivity contribution in [3.05, 3.63) is 65.0 Å². The van der Waals surface area contributed by atoms with Crippen molar-refractivity contribution in [1.29, 1.82) is 0 Å². The minimum atomic E-state index is -1.53. The Bertz CT molecular complexity index is 668. The van der Waals surface area contributed by atoms with E-state index < -0.39 is 29.5 Å². The molecule has 0 aliphatic carbocycles. The Morgan fingerprint density at radius 3 is 2.52 bits per heavy atom. The summed E-state index contributed by atoms with van der Waals surface area (Å²) in [5, 5.41) is 11.7. The molecule has 0 aliphatic rings. The van der Waals surface area contributed by atoms with Gasteiger partial charge in [-0.3, -0.25) is 0 Å². The van der Waals surface area contributed by atoms with E-state index in [0.717, 1.165) is 18.2 Å². The highest BCUT2D eigenvalue weighted by molar-refractivity contribution is 5.79. The fraction of sp³-hybridized carbons (Fsp3) is 0.133. The van der Waals surface area contributed by atoms with Gasteiger partial charge < -0.3 is 10.4 Å². The maximum atomic E-state index is 13.7. The Balaban J connectivity index is 2.40. The van der Waals surface area contributed by atoms with E-state index in [-0.39, 0.29) is 11.3 Å². The zero-order valence-corrected chi connectivity index (χ0v) is 11.0. The Hall–Kier alpha value is -2.50. The van der Waals surface area contributed by atoms with E-state index in [0.29, 0.717) is 5.56 Å². The van der Waals surface area contributed by atoms with Gasteiger partial charge in [0.15, 0.2) is 17.7 Å². The lowest BCUT2D eigenvalue weighted by Gasteiger charge is -2.17. The number of halogens is 3. The average Bonchev–Trinajstić information content (AvgIpc) is 2.38. The van der Waals surface area contributed by atoms with E-state index in [1.807, 2.05) is 0 Å². The molecule has 2 aromatic rings. The van der Waals surface area contributed by atoms with Crippen LogP contribution in [-0.2, 0) is 4.79 Å². The fourth-order valence-corrected chi connectivity index (χ4v) is 2.00. The molecule has 0 amide bonds. The first-order valence-corrected chi connectivity index (χ1v) is 6.09. The number of anilines is 1. The van der Waals surface area contributed by atoms with Gasteiger partial charge in [-0.15, -0.1) is 0 Å². The molecule has 0 heterocycles. The predicted molar refractivity (Wildman–Crippen MR) is 71.5 cm³/mol. The number of aliphatic carboxylic acids is 1. The van der Waals surface area contributed by atoms with Gasteiger partial charge in [0.1, 0.15) is 5.82 Å². The molecular weight excluding hydrogens is 283 g/mol. The van der Waals surface area contributed by atoms with Crippen molar-refractivity contribution >= 4 is 11.7 Å². The maximum absolute atomic E-state index is 13.7. The minimum Gasteiger partial charge on any atom is -0.479 e. The standard InChI is InChI=1S/C15H12F3NO2/c1-8-5-9(16)7-10(6-8)19-14(15(20)21)11-3-2-4-12(17)13(11)18/h2-7,14,19H,1H3,(H,20,21). The lowest BCUT2D eigenvalue weighted by Crippen LogP contribution is -2.22. The predicted octanol–water partition coefficient (Wildman–Crippen LogP) is 3.65. The summed E-state index contributed by atoms with van der Waals surface area (Å²) in [5.74, 6) is -4.34. The van der Waals surface area contributed by atoms with Crippen LogP contribution in [0.4, 0.5) is 18.9 Å². The lowest BCUT2D eigenvalue weighted by molar-refractivity contribution is -0.138. The van der Waals surface area contributed by atoms with Crippen LogP contribution in [0.1, 0.15) is 17.2 Å². The number of carboxylic acid groups (broad SMARTS) is 1. The van der Waals surface area contributed by atoms with Gasteiger partial charge in [-0.2, -0.15) is 0 Å². The van der Waals surface area contributed by atoms with Gasteiger partial charge in [0.2, 0.25) is 0 Å². The van der Waals surface area contributed by atoms with Crippen LogP contribution >= 0.6 is 0 Å². The molecule has 0 saturated heterocycles. The van der Waals surface area contributed by atoms with Crippen LogP contribution in [0.2, 0.25) is 0 Å². The first kappa shape index (κ1) is 14.9. The summed E-state index contributed by atoms with van der Waals surface area (Å²) in [6, 6.07) is 5.60. The molecule has 6 heteroatoms. The molecular formula is C15H12F3NO2. The van der Waals surface area contributed by atoms with E-state index >= 15 is 0 Å². The molecule has 2 aromatic carbocycles. The topological polar surface area (TPSA) is 49.3 Å². The van der Waals surface area contributed by atoms with Crippen LogP contribution in [0.25, 0.3) is 0 Å². The van der Waals surface area contributed by atoms with Gasteiger partial charge >= 0.3 is 5.97 Å². The second-order valence-corrected chi connectivity index (χ2v) is 4.58. The highest BCUT2D eigenvalue weighted by atomic mass is 19.2. The summed E-state index contributed by atoms with van der Waals surface area (Å²) in [5.41, 5.74) is 0.384. The quantitative estimate of drug-likeness (QED) is 0.905. The van der Waals surface area contributed by atoms with E-state index in [2.05, 4.69) is 5.32 Å². The van der Waals surface area contributed by atoms with Crippen molar-refractivity contribution in [3.63, 3.8) is 0 Å². The van der Waals surface area contributed by atoms with Crippen LogP contribution in [0, 0.1) is 24.4 Å². The second-order valence-electron chi connectivity index (χ2n) is 4.58. The lowest BCUT2D eigenvalue weighted by atomic mass is 10.1. The monoisotopic (exact) mass is 295 g/mol. The third-order valence-electron chi connectivity index (χ3n) is 2.89. The summed E-state index contributed by atoms with van der Waals surface area (Å²) in [6.45, 7) is 1.63. The smallest absolute Gasteiger partial charge is 0.330 e. The average molecular weight is 295 g/mol. The Morgan fingerprint density at radius 1 is 1.19 bits per heavy atom. The molecule has 0 spiro atoms. The van der Waals surface area contributed by atoms with Gasteiger partial charge in [-0.25, -0.2) is 18.0 Å². The molecule has 0 saturated carbocycles. The molecule has 0 bridgehead atoms. The fourth-order valence-electron chi connectivity index (χ4n) is 2.00. The van der Waals surface area contributed by atoms with Crippen LogP contribution in [0.5, 0.6) is 0 Å². The Kier molecular flexibility index (Phi) is 4.16. The molecule has 0 radical (unpaired) electrons. The van der Waals surface area contributed by atoms with Gasteiger partial charge in [-0.05, 0) is 36.8 Å². The van der Waals surface area contributed by atoms with Crippen LogP contribution in [0.3, 0.4) is 0 Å². The van der Waals surface area contributed by atoms with Crippen molar-refractivity contribution in [2.24, 2.45) is 0 Å². The summed E-state index contributed by atoms with van der Waals surface area (Å²) in [7, 11) is 0. The van der Waals surface area contributed by atoms with Crippen LogP contribution < -0.4 is 5.32 Å². The minimum absolute atomic E-state index is 0.170. The van der Waals surface area contributed by atoms with Crippen molar-refractivity contribution in [2.45, 2.75) is 13.0 Å². The molecule has 110 valence electrons. The normalized spacial score (nSPS) is 12.0.